The number of aromatic amines is 1. The van der Waals surface area contributed by atoms with Crippen LogP contribution >= 0.6 is 11.3 Å². The van der Waals surface area contributed by atoms with E-state index in [0.29, 0.717) is 5.92 Å². The number of quaternary nitrogens is 1. The number of nitrogens with zero attached hydrogens (tertiary/aromatic N) is 1. The lowest BCUT2D eigenvalue weighted by Gasteiger charge is -2.22. The van der Waals surface area contributed by atoms with E-state index in [1.807, 2.05) is 18.2 Å². The minimum Gasteiger partial charge on any atom is -0.493 e. The minimum atomic E-state index is 0.000615. The largest absolute Gasteiger partial charge is 0.493 e. The summed E-state index contributed by atoms with van der Waals surface area (Å²) in [5, 5.41) is 0.810. The molecule has 3 aromatic rings. The summed E-state index contributed by atoms with van der Waals surface area (Å²) in [7, 11) is 5.41. The lowest BCUT2D eigenvalue weighted by atomic mass is 9.89. The summed E-state index contributed by atoms with van der Waals surface area (Å²) in [6.45, 7) is 5.10. The fraction of sp³-hybridized carbons (Fsp3) is 0.478. The molecule has 1 unspecified atom stereocenters. The molecule has 0 amide bonds. The van der Waals surface area contributed by atoms with Gasteiger partial charge in [-0.3, -0.25) is 4.79 Å². The Morgan fingerprint density at radius 1 is 1.33 bits per heavy atom. The first-order chi connectivity index (χ1) is 14.4. The van der Waals surface area contributed by atoms with Crippen molar-refractivity contribution in [1.29, 1.82) is 0 Å². The van der Waals surface area contributed by atoms with Crippen LogP contribution in [0.25, 0.3) is 10.2 Å². The molecule has 1 aliphatic rings. The van der Waals surface area contributed by atoms with E-state index in [1.165, 1.54) is 15.3 Å². The Morgan fingerprint density at radius 3 is 2.87 bits per heavy atom. The van der Waals surface area contributed by atoms with Crippen LogP contribution in [0.5, 0.6) is 11.5 Å². The number of hydrogen-bond donors (Lipinski definition) is 2. The van der Waals surface area contributed by atoms with Crippen molar-refractivity contribution in [2.75, 3.05) is 21.3 Å². The summed E-state index contributed by atoms with van der Waals surface area (Å²) < 4.78 is 11.0. The Labute approximate surface area is 180 Å². The van der Waals surface area contributed by atoms with Crippen molar-refractivity contribution in [3.63, 3.8) is 0 Å². The fourth-order valence-electron chi connectivity index (χ4n) is 4.35. The van der Waals surface area contributed by atoms with Crippen molar-refractivity contribution < 1.29 is 14.4 Å². The molecule has 0 radical (unpaired) electrons. The smallest absolute Gasteiger partial charge is 0.260 e. The van der Waals surface area contributed by atoms with Crippen molar-refractivity contribution in [2.45, 2.75) is 45.7 Å². The highest BCUT2D eigenvalue weighted by Gasteiger charge is 2.26. The normalized spacial score (nSPS) is 18.1. The molecular formula is C23H30N3O3S+. The Hall–Kier alpha value is -2.38. The van der Waals surface area contributed by atoms with Crippen LogP contribution in [-0.4, -0.2) is 31.2 Å². The average Bonchev–Trinajstić information content (AvgIpc) is 3.10. The van der Waals surface area contributed by atoms with Gasteiger partial charge in [-0.25, -0.2) is 4.98 Å². The standard InChI is InChI=1S/C23H29N3O3S/c1-13-9-10-16-18(11-13)30-23-19(16)22(27)24-21(25-23)14(2)26(3)12-15-7-6-8-17(28-4)20(15)29-5/h6-8,13-14H,9-12H2,1-5H3,(H,24,25,27)/p+1/t13-,14-/m1/s1. The number of methoxy groups -OCH3 is 2. The van der Waals surface area contributed by atoms with Crippen molar-refractivity contribution in [3.05, 3.63) is 50.4 Å². The number of aromatic nitrogens is 2. The van der Waals surface area contributed by atoms with E-state index in [-0.39, 0.29) is 11.6 Å². The monoisotopic (exact) mass is 428 g/mol. The molecule has 7 heteroatoms. The van der Waals surface area contributed by atoms with Gasteiger partial charge in [0, 0.05) is 4.88 Å². The van der Waals surface area contributed by atoms with E-state index in [1.54, 1.807) is 25.6 Å². The maximum absolute atomic E-state index is 12.9. The highest BCUT2D eigenvalue weighted by Crippen LogP contribution is 2.36. The maximum atomic E-state index is 12.9. The van der Waals surface area contributed by atoms with E-state index >= 15 is 0 Å². The van der Waals surface area contributed by atoms with Crippen LogP contribution in [0.3, 0.4) is 0 Å². The molecule has 1 aliphatic carbocycles. The van der Waals surface area contributed by atoms with Gasteiger partial charge in [-0.05, 0) is 49.8 Å². The molecule has 160 valence electrons. The Bertz CT molecular complexity index is 1120. The Balaban J connectivity index is 1.63. The summed E-state index contributed by atoms with van der Waals surface area (Å²) in [5.74, 6) is 2.89. The zero-order valence-electron chi connectivity index (χ0n) is 18.3. The molecule has 2 aromatic heterocycles. The highest BCUT2D eigenvalue weighted by atomic mass is 32.1. The van der Waals surface area contributed by atoms with E-state index < -0.39 is 0 Å². The highest BCUT2D eigenvalue weighted by molar-refractivity contribution is 7.18. The molecule has 30 heavy (non-hydrogen) atoms. The predicted molar refractivity (Wildman–Crippen MR) is 120 cm³/mol. The van der Waals surface area contributed by atoms with Gasteiger partial charge >= 0.3 is 0 Å². The number of thiophene rings is 1. The number of fused-ring (bicyclic) bond motifs is 3. The zero-order chi connectivity index (χ0) is 21.4. The van der Waals surface area contributed by atoms with Crippen molar-refractivity contribution >= 4 is 21.6 Å². The second-order valence-electron chi connectivity index (χ2n) is 8.38. The van der Waals surface area contributed by atoms with Gasteiger partial charge in [0.25, 0.3) is 5.56 Å². The predicted octanol–water partition coefficient (Wildman–Crippen LogP) is 2.90. The van der Waals surface area contributed by atoms with Crippen molar-refractivity contribution in [1.82, 2.24) is 9.97 Å². The van der Waals surface area contributed by atoms with E-state index in [0.717, 1.165) is 58.9 Å². The lowest BCUT2D eigenvalue weighted by molar-refractivity contribution is -0.924. The number of rotatable bonds is 6. The SMILES string of the molecule is COc1cccc(C[NH+](C)[C@H](C)c2nc3sc4c(c3c(=O)[nH]2)CC[C@@H](C)C4)c1OC. The Morgan fingerprint density at radius 2 is 2.13 bits per heavy atom. The summed E-state index contributed by atoms with van der Waals surface area (Å²) >= 11 is 1.70. The lowest BCUT2D eigenvalue weighted by Crippen LogP contribution is -3.07. The molecule has 4 rings (SSSR count). The van der Waals surface area contributed by atoms with E-state index in [9.17, 15) is 4.79 Å². The van der Waals surface area contributed by atoms with Crippen LogP contribution in [-0.2, 0) is 19.4 Å². The number of ether oxygens (including phenoxy) is 2. The van der Waals surface area contributed by atoms with E-state index in [2.05, 4.69) is 25.9 Å². The van der Waals surface area contributed by atoms with Gasteiger partial charge in [0.15, 0.2) is 17.3 Å². The number of aryl methyl sites for hydroxylation is 1. The molecule has 3 atom stereocenters. The average molecular weight is 429 g/mol. The van der Waals surface area contributed by atoms with Crippen molar-refractivity contribution in [3.8, 4) is 11.5 Å². The van der Waals surface area contributed by atoms with Gasteiger partial charge in [-0.1, -0.05) is 13.0 Å². The number of benzene rings is 1. The molecule has 0 fully saturated rings. The molecule has 2 N–H and O–H groups in total. The molecule has 2 heterocycles. The van der Waals surface area contributed by atoms with Crippen LogP contribution in [0, 0.1) is 5.92 Å². The topological polar surface area (TPSA) is 68.7 Å². The fourth-order valence-corrected chi connectivity index (χ4v) is 5.74. The molecule has 1 aromatic carbocycles. The quantitative estimate of drug-likeness (QED) is 0.634. The number of H-pyrrole nitrogens is 1. The van der Waals surface area contributed by atoms with Crippen LogP contribution < -0.4 is 19.9 Å². The minimum absolute atomic E-state index is 0.000615. The van der Waals surface area contributed by atoms with Crippen LogP contribution in [0.1, 0.15) is 48.1 Å². The van der Waals surface area contributed by atoms with Gasteiger partial charge in [0.2, 0.25) is 0 Å². The summed E-state index contributed by atoms with van der Waals surface area (Å²) in [5.41, 5.74) is 2.29. The molecule has 0 saturated heterocycles. The van der Waals surface area contributed by atoms with Gasteiger partial charge in [0.1, 0.15) is 17.4 Å². The van der Waals surface area contributed by atoms with Gasteiger partial charge in [-0.2, -0.15) is 0 Å². The van der Waals surface area contributed by atoms with Gasteiger partial charge < -0.3 is 19.4 Å². The third-order valence-electron chi connectivity index (χ3n) is 6.29. The van der Waals surface area contributed by atoms with Crippen LogP contribution in [0.15, 0.2) is 23.0 Å². The van der Waals surface area contributed by atoms with Gasteiger partial charge in [-0.15, -0.1) is 11.3 Å². The molecular weight excluding hydrogens is 398 g/mol. The van der Waals surface area contributed by atoms with Crippen molar-refractivity contribution in [2.24, 2.45) is 5.92 Å². The van der Waals surface area contributed by atoms with E-state index in [4.69, 9.17) is 14.5 Å². The second kappa shape index (κ2) is 8.40. The summed E-state index contributed by atoms with van der Waals surface area (Å²) in [6, 6.07) is 5.94. The number of para-hydroxylation sites is 1. The first kappa shape index (κ1) is 20.9. The zero-order valence-corrected chi connectivity index (χ0v) is 19.1. The molecule has 0 spiro atoms. The van der Waals surface area contributed by atoms with Crippen LogP contribution in [0.4, 0.5) is 0 Å². The first-order valence-corrected chi connectivity index (χ1v) is 11.3. The maximum Gasteiger partial charge on any atom is 0.260 e. The van der Waals surface area contributed by atoms with Gasteiger partial charge in [0.05, 0.1) is 32.2 Å². The summed E-state index contributed by atoms with van der Waals surface area (Å²) in [4.78, 5) is 24.3. The third-order valence-corrected chi connectivity index (χ3v) is 7.44. The Kier molecular flexibility index (Phi) is 5.84. The summed E-state index contributed by atoms with van der Waals surface area (Å²) in [6.07, 6.45) is 3.18. The second-order valence-corrected chi connectivity index (χ2v) is 9.46. The van der Waals surface area contributed by atoms with Crippen LogP contribution in [0.2, 0.25) is 0 Å². The molecule has 6 nitrogen and oxygen atoms in total. The number of hydrogen-bond acceptors (Lipinski definition) is 5. The molecule has 0 aliphatic heterocycles. The third kappa shape index (κ3) is 3.72. The number of nitrogens with one attached hydrogen (secondary N) is 2. The molecule has 0 saturated carbocycles. The first-order valence-electron chi connectivity index (χ1n) is 10.5. The molecule has 0 bridgehead atoms.